The topological polar surface area (TPSA) is 96.9 Å². The van der Waals surface area contributed by atoms with Gasteiger partial charge in [-0.3, -0.25) is 14.5 Å². The van der Waals surface area contributed by atoms with E-state index in [0.717, 1.165) is 18.1 Å². The zero-order valence-electron chi connectivity index (χ0n) is 15.4. The van der Waals surface area contributed by atoms with Crippen molar-refractivity contribution in [2.24, 2.45) is 12.0 Å². The standard InChI is InChI=1S/C17H24N6O3.HI/c1-18-17(20-6-5-19-16(24)14-4-3-8-25-14)23-7-9-26-15(12-23)13-10-21-22(2)11-13;/h3-4,8,10-11,15H,5-7,9,12H2,1-2H3,(H,18,20)(H,19,24);1H. The molecule has 10 heteroatoms. The van der Waals surface area contributed by atoms with Crippen LogP contribution in [-0.4, -0.2) is 66.4 Å². The Morgan fingerprint density at radius 1 is 1.41 bits per heavy atom. The van der Waals surface area contributed by atoms with Crippen LogP contribution in [0.25, 0.3) is 0 Å². The zero-order chi connectivity index (χ0) is 18.4. The smallest absolute Gasteiger partial charge is 0.287 e. The summed E-state index contributed by atoms with van der Waals surface area (Å²) in [5, 5.41) is 10.3. The van der Waals surface area contributed by atoms with Gasteiger partial charge in [0.05, 0.1) is 25.6 Å². The molecule has 3 heterocycles. The summed E-state index contributed by atoms with van der Waals surface area (Å²) in [7, 11) is 3.64. The SMILES string of the molecule is CN=C(NCCNC(=O)c1ccco1)N1CCOC(c2cnn(C)c2)C1.I. The number of hydrogen-bond donors (Lipinski definition) is 2. The van der Waals surface area contributed by atoms with Crippen LogP contribution in [0, 0.1) is 0 Å². The number of nitrogens with one attached hydrogen (secondary N) is 2. The van der Waals surface area contributed by atoms with E-state index in [1.54, 1.807) is 23.9 Å². The molecular formula is C17H25IN6O3. The van der Waals surface area contributed by atoms with E-state index in [1.807, 2.05) is 19.4 Å². The van der Waals surface area contributed by atoms with Gasteiger partial charge in [-0.2, -0.15) is 5.10 Å². The van der Waals surface area contributed by atoms with Crippen LogP contribution < -0.4 is 10.6 Å². The Labute approximate surface area is 175 Å². The summed E-state index contributed by atoms with van der Waals surface area (Å²) in [6.07, 6.45) is 5.24. The first-order chi connectivity index (χ1) is 12.7. The molecule has 2 aromatic heterocycles. The lowest BCUT2D eigenvalue weighted by molar-refractivity contribution is -0.00800. The number of carbonyl (C=O) groups excluding carboxylic acids is 1. The van der Waals surface area contributed by atoms with Crippen molar-refractivity contribution in [3.8, 4) is 0 Å². The Hall–Kier alpha value is -2.08. The molecule has 3 rings (SSSR count). The Kier molecular flexibility index (Phi) is 8.10. The molecule has 0 spiro atoms. The molecule has 1 aliphatic rings. The fourth-order valence-corrected chi connectivity index (χ4v) is 2.83. The van der Waals surface area contributed by atoms with Crippen LogP contribution in [0.5, 0.6) is 0 Å². The molecule has 1 atom stereocenters. The number of hydrogen-bond acceptors (Lipinski definition) is 5. The second-order valence-electron chi connectivity index (χ2n) is 5.96. The van der Waals surface area contributed by atoms with Gasteiger partial charge in [0.25, 0.3) is 5.91 Å². The van der Waals surface area contributed by atoms with Crippen molar-refractivity contribution >= 4 is 35.8 Å². The maximum Gasteiger partial charge on any atom is 0.287 e. The molecule has 2 N–H and O–H groups in total. The third-order valence-corrected chi connectivity index (χ3v) is 4.11. The molecule has 0 saturated carbocycles. The lowest BCUT2D eigenvalue weighted by Crippen LogP contribution is -2.49. The van der Waals surface area contributed by atoms with Crippen LogP contribution in [0.3, 0.4) is 0 Å². The van der Waals surface area contributed by atoms with E-state index < -0.39 is 0 Å². The summed E-state index contributed by atoms with van der Waals surface area (Å²) in [5.41, 5.74) is 1.05. The van der Waals surface area contributed by atoms with Crippen LogP contribution in [0.1, 0.15) is 22.2 Å². The van der Waals surface area contributed by atoms with Crippen LogP contribution >= 0.6 is 24.0 Å². The number of nitrogens with zero attached hydrogens (tertiary/aromatic N) is 4. The van der Waals surface area contributed by atoms with Crippen molar-refractivity contribution in [1.29, 1.82) is 0 Å². The van der Waals surface area contributed by atoms with Gasteiger partial charge >= 0.3 is 0 Å². The summed E-state index contributed by atoms with van der Waals surface area (Å²) < 4.78 is 12.7. The molecule has 2 aromatic rings. The van der Waals surface area contributed by atoms with Crippen LogP contribution in [0.4, 0.5) is 0 Å². The van der Waals surface area contributed by atoms with Crippen molar-refractivity contribution in [2.75, 3.05) is 39.8 Å². The number of furan rings is 1. The van der Waals surface area contributed by atoms with Gasteiger partial charge in [0, 0.05) is 45.5 Å². The number of carbonyl (C=O) groups is 1. The van der Waals surface area contributed by atoms with Gasteiger partial charge in [-0.1, -0.05) is 0 Å². The van der Waals surface area contributed by atoms with E-state index in [1.165, 1.54) is 6.26 Å². The maximum absolute atomic E-state index is 11.8. The van der Waals surface area contributed by atoms with Gasteiger partial charge in [0.15, 0.2) is 11.7 Å². The van der Waals surface area contributed by atoms with Gasteiger partial charge < -0.3 is 24.7 Å². The molecule has 0 aromatic carbocycles. The molecule has 27 heavy (non-hydrogen) atoms. The highest BCUT2D eigenvalue weighted by Crippen LogP contribution is 2.21. The Bertz CT molecular complexity index is 746. The summed E-state index contributed by atoms with van der Waals surface area (Å²) in [6, 6.07) is 3.32. The van der Waals surface area contributed by atoms with E-state index in [9.17, 15) is 4.79 Å². The summed E-state index contributed by atoms with van der Waals surface area (Å²) >= 11 is 0. The first-order valence-corrected chi connectivity index (χ1v) is 8.55. The largest absolute Gasteiger partial charge is 0.459 e. The number of guanidine groups is 1. The highest BCUT2D eigenvalue weighted by atomic mass is 127. The predicted molar refractivity (Wildman–Crippen MR) is 111 cm³/mol. The highest BCUT2D eigenvalue weighted by Gasteiger charge is 2.25. The summed E-state index contributed by atoms with van der Waals surface area (Å²) in [4.78, 5) is 18.3. The molecule has 1 unspecified atom stereocenters. The van der Waals surface area contributed by atoms with E-state index in [-0.39, 0.29) is 36.0 Å². The molecular weight excluding hydrogens is 463 g/mol. The maximum atomic E-state index is 11.8. The number of aliphatic imine (C=N–C) groups is 1. The lowest BCUT2D eigenvalue weighted by Gasteiger charge is -2.34. The fourth-order valence-electron chi connectivity index (χ4n) is 2.83. The van der Waals surface area contributed by atoms with Crippen molar-refractivity contribution < 1.29 is 13.9 Å². The highest BCUT2D eigenvalue weighted by molar-refractivity contribution is 14.0. The van der Waals surface area contributed by atoms with E-state index in [2.05, 4.69) is 25.6 Å². The van der Waals surface area contributed by atoms with Crippen molar-refractivity contribution in [3.05, 3.63) is 42.1 Å². The number of rotatable bonds is 5. The molecule has 148 valence electrons. The first-order valence-electron chi connectivity index (χ1n) is 8.55. The molecule has 9 nitrogen and oxygen atoms in total. The van der Waals surface area contributed by atoms with Gasteiger partial charge in [0.1, 0.15) is 6.10 Å². The number of aromatic nitrogens is 2. The van der Waals surface area contributed by atoms with E-state index in [0.29, 0.717) is 32.0 Å². The van der Waals surface area contributed by atoms with Crippen LogP contribution in [-0.2, 0) is 11.8 Å². The quantitative estimate of drug-likeness (QED) is 0.282. The predicted octanol–water partition coefficient (Wildman–Crippen LogP) is 1.01. The van der Waals surface area contributed by atoms with Gasteiger partial charge in [-0.05, 0) is 12.1 Å². The fraction of sp³-hybridized carbons (Fsp3) is 0.471. The lowest BCUT2D eigenvalue weighted by atomic mass is 10.1. The summed E-state index contributed by atoms with van der Waals surface area (Å²) in [5.74, 6) is 0.867. The average Bonchev–Trinajstić information content (AvgIpc) is 3.33. The Balaban J connectivity index is 0.00000261. The number of aryl methyl sites for hydroxylation is 1. The van der Waals surface area contributed by atoms with E-state index in [4.69, 9.17) is 9.15 Å². The van der Waals surface area contributed by atoms with Crippen molar-refractivity contribution in [2.45, 2.75) is 6.10 Å². The average molecular weight is 488 g/mol. The van der Waals surface area contributed by atoms with Gasteiger partial charge in [-0.25, -0.2) is 0 Å². The van der Waals surface area contributed by atoms with Gasteiger partial charge in [0.2, 0.25) is 0 Å². The number of ether oxygens (including phenoxy) is 1. The van der Waals surface area contributed by atoms with Gasteiger partial charge in [-0.15, -0.1) is 24.0 Å². The third kappa shape index (κ3) is 5.70. The van der Waals surface area contributed by atoms with Crippen molar-refractivity contribution in [3.63, 3.8) is 0 Å². The van der Waals surface area contributed by atoms with Crippen molar-refractivity contribution in [1.82, 2.24) is 25.3 Å². The molecule has 0 aliphatic carbocycles. The first kappa shape index (κ1) is 21.2. The minimum Gasteiger partial charge on any atom is -0.459 e. The third-order valence-electron chi connectivity index (χ3n) is 4.11. The normalized spacial score (nSPS) is 17.3. The van der Waals surface area contributed by atoms with Crippen LogP contribution in [0.2, 0.25) is 0 Å². The summed E-state index contributed by atoms with van der Waals surface area (Å²) in [6.45, 7) is 3.11. The number of amides is 1. The zero-order valence-corrected chi connectivity index (χ0v) is 17.8. The van der Waals surface area contributed by atoms with Crippen LogP contribution in [0.15, 0.2) is 40.2 Å². The molecule has 1 aliphatic heterocycles. The number of halogens is 1. The molecule has 0 radical (unpaired) electrons. The number of morpholine rings is 1. The molecule has 1 amide bonds. The molecule has 1 fully saturated rings. The Morgan fingerprint density at radius 3 is 2.89 bits per heavy atom. The second-order valence-corrected chi connectivity index (χ2v) is 5.96. The van der Waals surface area contributed by atoms with E-state index >= 15 is 0 Å². The Morgan fingerprint density at radius 2 is 2.22 bits per heavy atom. The minimum absolute atomic E-state index is 0. The molecule has 1 saturated heterocycles. The molecule has 0 bridgehead atoms. The monoisotopic (exact) mass is 488 g/mol. The second kappa shape index (κ2) is 10.3. The minimum atomic E-state index is -0.227.